The van der Waals surface area contributed by atoms with Crippen molar-refractivity contribution in [1.82, 2.24) is 10.2 Å². The molecule has 1 aliphatic heterocycles. The van der Waals surface area contributed by atoms with Crippen molar-refractivity contribution in [3.63, 3.8) is 0 Å². The van der Waals surface area contributed by atoms with E-state index in [1.807, 2.05) is 6.92 Å². The number of ketones is 1. The number of carbonyl (C=O) groups is 2. The fourth-order valence-electron chi connectivity index (χ4n) is 2.76. The molecule has 21 heavy (non-hydrogen) atoms. The molecular weight excluding hydrogens is 266 g/mol. The standard InChI is InChI=1S/C16H21N3O2/c1-4-6-8-12-13(7-5-2)19(16(21)15(12)20)14-10-9-11(3)17-18-14/h5,9-10,12-13H,2,4,6-8H2,1,3H3. The first-order valence-corrected chi connectivity index (χ1v) is 7.38. The Bertz CT molecular complexity index is 539. The minimum Gasteiger partial charge on any atom is -0.288 e. The van der Waals surface area contributed by atoms with Crippen molar-refractivity contribution >= 4 is 17.5 Å². The number of amides is 1. The van der Waals surface area contributed by atoms with E-state index in [2.05, 4.69) is 23.7 Å². The van der Waals surface area contributed by atoms with Gasteiger partial charge in [0, 0.05) is 5.92 Å². The van der Waals surface area contributed by atoms with Gasteiger partial charge in [-0.05, 0) is 31.9 Å². The molecular formula is C16H21N3O2. The van der Waals surface area contributed by atoms with E-state index in [4.69, 9.17) is 0 Å². The van der Waals surface area contributed by atoms with Crippen LogP contribution in [0, 0.1) is 12.8 Å². The van der Waals surface area contributed by atoms with Gasteiger partial charge in [-0.15, -0.1) is 11.7 Å². The Morgan fingerprint density at radius 2 is 2.10 bits per heavy atom. The van der Waals surface area contributed by atoms with E-state index < -0.39 is 5.91 Å². The Morgan fingerprint density at radius 3 is 2.67 bits per heavy atom. The molecule has 5 nitrogen and oxygen atoms in total. The van der Waals surface area contributed by atoms with Gasteiger partial charge in [0.15, 0.2) is 5.82 Å². The van der Waals surface area contributed by atoms with Crippen LogP contribution in [0.25, 0.3) is 0 Å². The van der Waals surface area contributed by atoms with E-state index in [9.17, 15) is 9.59 Å². The lowest BCUT2D eigenvalue weighted by molar-refractivity contribution is -0.135. The smallest absolute Gasteiger partial charge is 0.288 e. The molecule has 1 aromatic heterocycles. The molecule has 0 N–H and O–H groups in total. The summed E-state index contributed by atoms with van der Waals surface area (Å²) in [5, 5.41) is 8.04. The molecule has 2 atom stereocenters. The Kier molecular flexibility index (Phi) is 4.83. The summed E-state index contributed by atoms with van der Waals surface area (Å²) in [4.78, 5) is 26.1. The summed E-state index contributed by atoms with van der Waals surface area (Å²) in [7, 11) is 0. The zero-order valence-corrected chi connectivity index (χ0v) is 12.6. The second kappa shape index (κ2) is 6.61. The van der Waals surface area contributed by atoms with Crippen LogP contribution in [0.15, 0.2) is 24.8 Å². The molecule has 1 amide bonds. The van der Waals surface area contributed by atoms with Crippen molar-refractivity contribution in [2.75, 3.05) is 4.90 Å². The van der Waals surface area contributed by atoms with Gasteiger partial charge in [-0.1, -0.05) is 25.8 Å². The Morgan fingerprint density at radius 1 is 1.33 bits per heavy atom. The van der Waals surface area contributed by atoms with Crippen molar-refractivity contribution in [3.05, 3.63) is 30.5 Å². The number of unbranched alkanes of at least 4 members (excludes halogenated alkanes) is 1. The number of Topliss-reactive ketones (excluding diaryl/α,β-unsaturated/α-hetero) is 1. The zero-order chi connectivity index (χ0) is 15.4. The van der Waals surface area contributed by atoms with E-state index >= 15 is 0 Å². The molecule has 1 fully saturated rings. The second-order valence-corrected chi connectivity index (χ2v) is 5.41. The topological polar surface area (TPSA) is 63.2 Å². The largest absolute Gasteiger partial charge is 0.296 e. The van der Waals surface area contributed by atoms with Crippen LogP contribution in [0.2, 0.25) is 0 Å². The fraction of sp³-hybridized carbons (Fsp3) is 0.500. The predicted molar refractivity (Wildman–Crippen MR) is 80.9 cm³/mol. The molecule has 1 aliphatic rings. The van der Waals surface area contributed by atoms with Gasteiger partial charge in [0.05, 0.1) is 11.7 Å². The highest BCUT2D eigenvalue weighted by atomic mass is 16.2. The maximum absolute atomic E-state index is 12.3. The Hall–Kier alpha value is -2.04. The van der Waals surface area contributed by atoms with Crippen LogP contribution in [0.1, 0.15) is 38.3 Å². The molecule has 0 saturated carbocycles. The van der Waals surface area contributed by atoms with Crippen LogP contribution in [0.3, 0.4) is 0 Å². The van der Waals surface area contributed by atoms with Crippen molar-refractivity contribution in [2.24, 2.45) is 5.92 Å². The van der Waals surface area contributed by atoms with E-state index in [-0.39, 0.29) is 17.7 Å². The number of nitrogens with zero attached hydrogens (tertiary/aromatic N) is 3. The van der Waals surface area contributed by atoms with Gasteiger partial charge in [0.25, 0.3) is 5.91 Å². The van der Waals surface area contributed by atoms with Crippen LogP contribution in [-0.2, 0) is 9.59 Å². The molecule has 0 aliphatic carbocycles. The van der Waals surface area contributed by atoms with Gasteiger partial charge in [-0.2, -0.15) is 5.10 Å². The van der Waals surface area contributed by atoms with Crippen molar-refractivity contribution < 1.29 is 9.59 Å². The minimum absolute atomic E-state index is 0.189. The molecule has 112 valence electrons. The van der Waals surface area contributed by atoms with Crippen molar-refractivity contribution in [1.29, 1.82) is 0 Å². The molecule has 2 unspecified atom stereocenters. The number of anilines is 1. The highest BCUT2D eigenvalue weighted by molar-refractivity contribution is 6.44. The SMILES string of the molecule is C=CCC1C(CCCC)C(=O)C(=O)N1c1ccc(C)nn1. The molecule has 2 heterocycles. The summed E-state index contributed by atoms with van der Waals surface area (Å²) in [5.41, 5.74) is 0.777. The molecule has 0 radical (unpaired) electrons. The molecule has 1 aromatic rings. The molecule has 0 aromatic carbocycles. The fourth-order valence-corrected chi connectivity index (χ4v) is 2.76. The lowest BCUT2D eigenvalue weighted by atomic mass is 9.91. The van der Waals surface area contributed by atoms with Crippen LogP contribution >= 0.6 is 0 Å². The number of aryl methyl sites for hydroxylation is 1. The maximum Gasteiger partial charge on any atom is 0.296 e. The number of hydrogen-bond donors (Lipinski definition) is 0. The van der Waals surface area contributed by atoms with Gasteiger partial charge in [-0.3, -0.25) is 14.5 Å². The van der Waals surface area contributed by atoms with E-state index in [1.165, 1.54) is 4.90 Å². The molecule has 2 rings (SSSR count). The van der Waals surface area contributed by atoms with Gasteiger partial charge >= 0.3 is 0 Å². The Labute approximate surface area is 125 Å². The van der Waals surface area contributed by atoms with Gasteiger partial charge in [0.2, 0.25) is 5.78 Å². The molecule has 0 spiro atoms. The summed E-state index contributed by atoms with van der Waals surface area (Å²) >= 11 is 0. The molecule has 5 heteroatoms. The van der Waals surface area contributed by atoms with E-state index in [0.717, 1.165) is 25.0 Å². The average Bonchev–Trinajstić information content (AvgIpc) is 2.71. The summed E-state index contributed by atoms with van der Waals surface area (Å²) in [6, 6.07) is 3.35. The van der Waals surface area contributed by atoms with Gasteiger partial charge in [-0.25, -0.2) is 0 Å². The Balaban J connectivity index is 2.33. The maximum atomic E-state index is 12.3. The summed E-state index contributed by atoms with van der Waals surface area (Å²) in [6.45, 7) is 7.65. The van der Waals surface area contributed by atoms with Crippen molar-refractivity contribution in [3.8, 4) is 0 Å². The number of carbonyl (C=O) groups excluding carboxylic acids is 2. The lowest BCUT2D eigenvalue weighted by Gasteiger charge is -2.25. The van der Waals surface area contributed by atoms with Crippen LogP contribution in [0.4, 0.5) is 5.82 Å². The first-order valence-electron chi connectivity index (χ1n) is 7.38. The van der Waals surface area contributed by atoms with Crippen LogP contribution in [0.5, 0.6) is 0 Å². The second-order valence-electron chi connectivity index (χ2n) is 5.41. The van der Waals surface area contributed by atoms with Crippen LogP contribution < -0.4 is 4.90 Å². The zero-order valence-electron chi connectivity index (χ0n) is 12.6. The normalized spacial score (nSPS) is 21.9. The minimum atomic E-state index is -0.471. The first-order chi connectivity index (χ1) is 10.1. The van der Waals surface area contributed by atoms with E-state index in [1.54, 1.807) is 18.2 Å². The number of hydrogen-bond acceptors (Lipinski definition) is 4. The van der Waals surface area contributed by atoms with Gasteiger partial charge < -0.3 is 0 Å². The third-order valence-electron chi connectivity index (χ3n) is 3.87. The number of rotatable bonds is 6. The van der Waals surface area contributed by atoms with Crippen molar-refractivity contribution in [2.45, 2.75) is 45.6 Å². The quantitative estimate of drug-likeness (QED) is 0.595. The van der Waals surface area contributed by atoms with Gasteiger partial charge in [0.1, 0.15) is 0 Å². The lowest BCUT2D eigenvalue weighted by Crippen LogP contribution is -2.36. The highest BCUT2D eigenvalue weighted by Crippen LogP contribution is 2.32. The molecule has 1 saturated heterocycles. The third-order valence-corrected chi connectivity index (χ3v) is 3.87. The summed E-state index contributed by atoms with van der Waals surface area (Å²) in [6.07, 6.45) is 5.01. The predicted octanol–water partition coefficient (Wildman–Crippen LogP) is 2.45. The highest BCUT2D eigenvalue weighted by Gasteiger charge is 2.47. The average molecular weight is 287 g/mol. The number of aromatic nitrogens is 2. The summed E-state index contributed by atoms with van der Waals surface area (Å²) < 4.78 is 0. The van der Waals surface area contributed by atoms with E-state index in [0.29, 0.717) is 12.2 Å². The monoisotopic (exact) mass is 287 g/mol. The third kappa shape index (κ3) is 3.01. The first kappa shape index (κ1) is 15.4. The van der Waals surface area contributed by atoms with Crippen LogP contribution in [-0.4, -0.2) is 27.9 Å². The summed E-state index contributed by atoms with van der Waals surface area (Å²) in [5.74, 6) is -0.595. The molecule has 0 bridgehead atoms.